The Morgan fingerprint density at radius 2 is 2.14 bits per heavy atom. The number of carboxylic acids is 1. The van der Waals surface area contributed by atoms with Crippen molar-refractivity contribution in [3.63, 3.8) is 0 Å². The predicted molar refractivity (Wildman–Crippen MR) is 81.2 cm³/mol. The van der Waals surface area contributed by atoms with E-state index in [2.05, 4.69) is 11.4 Å². The Morgan fingerprint density at radius 3 is 2.90 bits per heavy atom. The summed E-state index contributed by atoms with van der Waals surface area (Å²) in [4.78, 5) is 22.9. The van der Waals surface area contributed by atoms with Gasteiger partial charge < -0.3 is 10.4 Å². The van der Waals surface area contributed by atoms with Crippen molar-refractivity contribution in [1.29, 1.82) is 0 Å². The molecule has 1 aromatic rings. The van der Waals surface area contributed by atoms with Crippen LogP contribution in [0.2, 0.25) is 0 Å². The highest BCUT2D eigenvalue weighted by Gasteiger charge is 2.26. The van der Waals surface area contributed by atoms with E-state index in [1.807, 2.05) is 25.1 Å². The number of carbonyl (C=O) groups is 2. The fourth-order valence-electron chi connectivity index (χ4n) is 3.00. The molecule has 0 saturated carbocycles. The fraction of sp³-hybridized carbons (Fsp3) is 0.529. The first-order chi connectivity index (χ1) is 10.1. The number of benzene rings is 1. The Labute approximate surface area is 125 Å². The van der Waals surface area contributed by atoms with E-state index in [1.165, 1.54) is 5.56 Å². The van der Waals surface area contributed by atoms with Gasteiger partial charge in [0.15, 0.2) is 0 Å². The molecule has 0 radical (unpaired) electrons. The monoisotopic (exact) mass is 289 g/mol. The molecular formula is C17H23NO3. The summed E-state index contributed by atoms with van der Waals surface area (Å²) in [5, 5.41) is 11.7. The van der Waals surface area contributed by atoms with Crippen LogP contribution in [0.1, 0.15) is 56.1 Å². The van der Waals surface area contributed by atoms with E-state index in [9.17, 15) is 9.59 Å². The molecule has 2 atom stereocenters. The molecule has 0 fully saturated rings. The Morgan fingerprint density at radius 1 is 1.38 bits per heavy atom. The normalized spacial score (nSPS) is 18.6. The van der Waals surface area contributed by atoms with Crippen LogP contribution in [0.4, 0.5) is 0 Å². The molecule has 2 unspecified atom stereocenters. The number of fused-ring (bicyclic) bond motifs is 1. The topological polar surface area (TPSA) is 66.4 Å². The summed E-state index contributed by atoms with van der Waals surface area (Å²) in [5.74, 6) is -0.767. The van der Waals surface area contributed by atoms with Crippen LogP contribution in [0.3, 0.4) is 0 Å². The molecule has 1 aliphatic rings. The number of amides is 1. The Balaban J connectivity index is 1.90. The van der Waals surface area contributed by atoms with Crippen LogP contribution in [0.25, 0.3) is 0 Å². The van der Waals surface area contributed by atoms with Crippen molar-refractivity contribution in [3.8, 4) is 0 Å². The lowest BCUT2D eigenvalue weighted by molar-refractivity contribution is -0.137. The number of carboxylic acid groups (broad SMARTS) is 1. The van der Waals surface area contributed by atoms with Crippen LogP contribution in [-0.2, 0) is 16.0 Å². The SMILES string of the molecule is CC(CCCC(=O)O)NC(=O)C1CCCc2ccccc21. The molecule has 21 heavy (non-hydrogen) atoms. The van der Waals surface area contributed by atoms with Gasteiger partial charge in [-0.1, -0.05) is 24.3 Å². The van der Waals surface area contributed by atoms with Crippen LogP contribution >= 0.6 is 0 Å². The lowest BCUT2D eigenvalue weighted by Gasteiger charge is -2.26. The van der Waals surface area contributed by atoms with Crippen molar-refractivity contribution in [2.45, 2.75) is 57.4 Å². The molecule has 0 aliphatic heterocycles. The van der Waals surface area contributed by atoms with E-state index < -0.39 is 5.97 Å². The minimum Gasteiger partial charge on any atom is -0.481 e. The molecule has 0 bridgehead atoms. The smallest absolute Gasteiger partial charge is 0.303 e. The number of hydrogen-bond acceptors (Lipinski definition) is 2. The van der Waals surface area contributed by atoms with E-state index >= 15 is 0 Å². The molecule has 1 aromatic carbocycles. The van der Waals surface area contributed by atoms with E-state index in [0.717, 1.165) is 24.8 Å². The summed E-state index contributed by atoms with van der Waals surface area (Å²) in [6.07, 6.45) is 4.44. The molecule has 4 nitrogen and oxygen atoms in total. The molecule has 2 rings (SSSR count). The van der Waals surface area contributed by atoms with Crippen molar-refractivity contribution in [3.05, 3.63) is 35.4 Å². The average Bonchev–Trinajstić information content (AvgIpc) is 2.46. The minimum atomic E-state index is -0.783. The van der Waals surface area contributed by atoms with Gasteiger partial charge >= 0.3 is 5.97 Å². The molecule has 1 aliphatic carbocycles. The van der Waals surface area contributed by atoms with Gasteiger partial charge in [0.05, 0.1) is 5.92 Å². The number of rotatable bonds is 6. The van der Waals surface area contributed by atoms with E-state index in [4.69, 9.17) is 5.11 Å². The van der Waals surface area contributed by atoms with E-state index in [0.29, 0.717) is 12.8 Å². The zero-order chi connectivity index (χ0) is 15.2. The van der Waals surface area contributed by atoms with Crippen LogP contribution in [-0.4, -0.2) is 23.0 Å². The molecule has 0 aromatic heterocycles. The van der Waals surface area contributed by atoms with Crippen LogP contribution in [0, 0.1) is 0 Å². The number of hydrogen-bond donors (Lipinski definition) is 2. The average molecular weight is 289 g/mol. The summed E-state index contributed by atoms with van der Waals surface area (Å²) in [6, 6.07) is 8.18. The highest BCUT2D eigenvalue weighted by Crippen LogP contribution is 2.31. The molecule has 0 spiro atoms. The molecule has 4 heteroatoms. The van der Waals surface area contributed by atoms with Crippen molar-refractivity contribution >= 4 is 11.9 Å². The maximum Gasteiger partial charge on any atom is 0.303 e. The third-order valence-electron chi connectivity index (χ3n) is 4.10. The second kappa shape index (κ2) is 7.25. The maximum atomic E-state index is 12.4. The van der Waals surface area contributed by atoms with Crippen LogP contribution < -0.4 is 5.32 Å². The van der Waals surface area contributed by atoms with Gasteiger partial charge in [-0.05, 0) is 50.2 Å². The van der Waals surface area contributed by atoms with Crippen molar-refractivity contribution < 1.29 is 14.7 Å². The molecule has 0 saturated heterocycles. The highest BCUT2D eigenvalue weighted by molar-refractivity contribution is 5.84. The van der Waals surface area contributed by atoms with Crippen LogP contribution in [0.5, 0.6) is 0 Å². The molecule has 1 amide bonds. The van der Waals surface area contributed by atoms with E-state index in [1.54, 1.807) is 0 Å². The fourth-order valence-corrected chi connectivity index (χ4v) is 3.00. The van der Waals surface area contributed by atoms with Gasteiger partial charge in [-0.2, -0.15) is 0 Å². The summed E-state index contributed by atoms with van der Waals surface area (Å²) >= 11 is 0. The maximum absolute atomic E-state index is 12.4. The zero-order valence-electron chi connectivity index (χ0n) is 12.5. The molecular weight excluding hydrogens is 266 g/mol. The molecule has 114 valence electrons. The van der Waals surface area contributed by atoms with Gasteiger partial charge in [0.25, 0.3) is 0 Å². The Hall–Kier alpha value is -1.84. The predicted octanol–water partition coefficient (Wildman–Crippen LogP) is 2.87. The number of aryl methyl sites for hydroxylation is 1. The summed E-state index contributed by atoms with van der Waals surface area (Å²) in [5.41, 5.74) is 2.43. The quantitative estimate of drug-likeness (QED) is 0.846. The number of nitrogens with one attached hydrogen (secondary N) is 1. The first-order valence-corrected chi connectivity index (χ1v) is 7.68. The van der Waals surface area contributed by atoms with E-state index in [-0.39, 0.29) is 24.3 Å². The Kier molecular flexibility index (Phi) is 5.37. The first kappa shape index (κ1) is 15.5. The van der Waals surface area contributed by atoms with Crippen molar-refractivity contribution in [1.82, 2.24) is 5.32 Å². The lowest BCUT2D eigenvalue weighted by Crippen LogP contribution is -2.37. The number of carbonyl (C=O) groups excluding carboxylic acids is 1. The van der Waals surface area contributed by atoms with Gasteiger partial charge in [0.2, 0.25) is 5.91 Å². The highest BCUT2D eigenvalue weighted by atomic mass is 16.4. The molecule has 0 heterocycles. The van der Waals surface area contributed by atoms with Gasteiger partial charge in [0, 0.05) is 12.5 Å². The largest absolute Gasteiger partial charge is 0.481 e. The summed E-state index contributed by atoms with van der Waals surface area (Å²) in [7, 11) is 0. The molecule has 2 N–H and O–H groups in total. The lowest BCUT2D eigenvalue weighted by atomic mass is 9.82. The van der Waals surface area contributed by atoms with Gasteiger partial charge in [-0.15, -0.1) is 0 Å². The van der Waals surface area contributed by atoms with Crippen molar-refractivity contribution in [2.24, 2.45) is 0 Å². The minimum absolute atomic E-state index is 0.0194. The van der Waals surface area contributed by atoms with Crippen LogP contribution in [0.15, 0.2) is 24.3 Å². The number of aliphatic carboxylic acids is 1. The van der Waals surface area contributed by atoms with Crippen molar-refractivity contribution in [2.75, 3.05) is 0 Å². The Bertz CT molecular complexity index is 513. The summed E-state index contributed by atoms with van der Waals surface area (Å²) < 4.78 is 0. The van der Waals surface area contributed by atoms with Gasteiger partial charge in [0.1, 0.15) is 0 Å². The van der Waals surface area contributed by atoms with Gasteiger partial charge in [-0.3, -0.25) is 9.59 Å². The zero-order valence-corrected chi connectivity index (χ0v) is 12.5. The standard InChI is InChI=1S/C17H23NO3/c1-12(6-4-11-16(19)20)18-17(21)15-10-5-8-13-7-2-3-9-14(13)15/h2-3,7,9,12,15H,4-6,8,10-11H2,1H3,(H,18,21)(H,19,20). The second-order valence-electron chi connectivity index (χ2n) is 5.84. The third-order valence-corrected chi connectivity index (χ3v) is 4.10. The second-order valence-corrected chi connectivity index (χ2v) is 5.84. The first-order valence-electron chi connectivity index (χ1n) is 7.68. The summed E-state index contributed by atoms with van der Waals surface area (Å²) in [6.45, 7) is 1.94. The third kappa shape index (κ3) is 4.31. The van der Waals surface area contributed by atoms with Gasteiger partial charge in [-0.25, -0.2) is 0 Å².